The molecule has 1 aliphatic carbocycles. The predicted molar refractivity (Wildman–Crippen MR) is 116 cm³/mol. The number of carboxylic acid groups (broad SMARTS) is 1. The summed E-state index contributed by atoms with van der Waals surface area (Å²) in [5.74, 6) is -1.00. The fourth-order valence-electron chi connectivity index (χ4n) is 4.19. The van der Waals surface area contributed by atoms with Crippen LogP contribution in [-0.4, -0.2) is 38.5 Å². The maximum absolute atomic E-state index is 13.6. The zero-order valence-electron chi connectivity index (χ0n) is 17.2. The van der Waals surface area contributed by atoms with E-state index in [0.29, 0.717) is 18.8 Å². The largest absolute Gasteiger partial charge is 0.481 e. The molecule has 2 aromatic carbocycles. The van der Waals surface area contributed by atoms with Gasteiger partial charge in [0.05, 0.1) is 24.1 Å². The van der Waals surface area contributed by atoms with Crippen LogP contribution >= 0.6 is 0 Å². The van der Waals surface area contributed by atoms with Gasteiger partial charge in [-0.3, -0.25) is 9.78 Å². The summed E-state index contributed by atoms with van der Waals surface area (Å²) in [5.41, 5.74) is 4.86. The van der Waals surface area contributed by atoms with E-state index < -0.39 is 18.2 Å². The number of aromatic nitrogens is 1. The van der Waals surface area contributed by atoms with Crippen LogP contribution in [0.1, 0.15) is 49.3 Å². The summed E-state index contributed by atoms with van der Waals surface area (Å²) < 4.78 is 13.6. The van der Waals surface area contributed by atoms with Crippen molar-refractivity contribution in [3.8, 4) is 11.1 Å². The van der Waals surface area contributed by atoms with E-state index in [0.717, 1.165) is 46.1 Å². The SMILES string of the molecule is O=C(O)C[C@H](O)C[C@H](O)CCc1c(C2CC2)nc2ccccc2c1-c1ccc(F)cc1. The molecular formula is C25H26FNO4. The molecule has 31 heavy (non-hydrogen) atoms. The maximum Gasteiger partial charge on any atom is 0.305 e. The van der Waals surface area contributed by atoms with Crippen LogP contribution < -0.4 is 0 Å². The number of aliphatic hydroxyl groups excluding tert-OH is 2. The second-order valence-corrected chi connectivity index (χ2v) is 8.33. The van der Waals surface area contributed by atoms with Crippen molar-refractivity contribution in [2.75, 3.05) is 0 Å². The molecule has 0 bridgehead atoms. The van der Waals surface area contributed by atoms with Crippen LogP contribution in [0.3, 0.4) is 0 Å². The van der Waals surface area contributed by atoms with Crippen LogP contribution in [0, 0.1) is 5.82 Å². The summed E-state index contributed by atoms with van der Waals surface area (Å²) in [6.07, 6.45) is 0.779. The van der Waals surface area contributed by atoms with Gasteiger partial charge in [0.25, 0.3) is 0 Å². The van der Waals surface area contributed by atoms with E-state index in [1.54, 1.807) is 12.1 Å². The number of halogens is 1. The van der Waals surface area contributed by atoms with Gasteiger partial charge < -0.3 is 15.3 Å². The Balaban J connectivity index is 1.71. The van der Waals surface area contributed by atoms with Crippen molar-refractivity contribution < 1.29 is 24.5 Å². The first-order valence-corrected chi connectivity index (χ1v) is 10.7. The molecule has 4 rings (SSSR count). The van der Waals surface area contributed by atoms with Crippen LogP contribution in [-0.2, 0) is 11.2 Å². The van der Waals surface area contributed by atoms with Crippen molar-refractivity contribution in [2.45, 2.75) is 56.7 Å². The smallest absolute Gasteiger partial charge is 0.305 e. The first-order chi connectivity index (χ1) is 14.9. The third-order valence-corrected chi connectivity index (χ3v) is 5.80. The van der Waals surface area contributed by atoms with Crippen molar-refractivity contribution in [1.29, 1.82) is 0 Å². The molecule has 3 aromatic rings. The number of para-hydroxylation sites is 1. The molecule has 1 saturated carbocycles. The Morgan fingerprint density at radius 2 is 1.77 bits per heavy atom. The summed E-state index contributed by atoms with van der Waals surface area (Å²) in [7, 11) is 0. The van der Waals surface area contributed by atoms with Gasteiger partial charge in [0.2, 0.25) is 0 Å². The monoisotopic (exact) mass is 423 g/mol. The molecule has 0 radical (unpaired) electrons. The van der Waals surface area contributed by atoms with E-state index in [1.165, 1.54) is 12.1 Å². The van der Waals surface area contributed by atoms with Gasteiger partial charge in [0.15, 0.2) is 0 Å². The summed E-state index contributed by atoms with van der Waals surface area (Å²) >= 11 is 0. The van der Waals surface area contributed by atoms with Gasteiger partial charge in [0, 0.05) is 17.0 Å². The van der Waals surface area contributed by atoms with Crippen molar-refractivity contribution in [2.24, 2.45) is 0 Å². The number of carbonyl (C=O) groups is 1. The van der Waals surface area contributed by atoms with E-state index >= 15 is 0 Å². The van der Waals surface area contributed by atoms with Gasteiger partial charge in [-0.1, -0.05) is 30.3 Å². The van der Waals surface area contributed by atoms with E-state index in [2.05, 4.69) is 0 Å². The first kappa shape index (κ1) is 21.4. The summed E-state index contributed by atoms with van der Waals surface area (Å²) in [4.78, 5) is 15.7. The highest BCUT2D eigenvalue weighted by molar-refractivity contribution is 5.96. The predicted octanol–water partition coefficient (Wildman–Crippen LogP) is 4.44. The molecule has 0 amide bonds. The van der Waals surface area contributed by atoms with Gasteiger partial charge in [0.1, 0.15) is 5.82 Å². The molecule has 1 aromatic heterocycles. The van der Waals surface area contributed by atoms with Crippen molar-refractivity contribution in [1.82, 2.24) is 4.98 Å². The number of rotatable bonds is 9. The average Bonchev–Trinajstić information content (AvgIpc) is 3.56. The Bertz CT molecular complexity index is 1080. The molecule has 5 nitrogen and oxygen atoms in total. The first-order valence-electron chi connectivity index (χ1n) is 10.7. The average molecular weight is 423 g/mol. The third-order valence-electron chi connectivity index (χ3n) is 5.80. The van der Waals surface area contributed by atoms with Gasteiger partial charge in [-0.05, 0) is 67.0 Å². The fraction of sp³-hybridized carbons (Fsp3) is 0.360. The minimum atomic E-state index is -1.09. The van der Waals surface area contributed by atoms with Gasteiger partial charge >= 0.3 is 5.97 Å². The number of hydrogen-bond donors (Lipinski definition) is 3. The Morgan fingerprint density at radius 1 is 1.06 bits per heavy atom. The number of hydrogen-bond acceptors (Lipinski definition) is 4. The summed E-state index contributed by atoms with van der Waals surface area (Å²) in [6, 6.07) is 14.3. The molecular weight excluding hydrogens is 397 g/mol. The third kappa shape index (κ3) is 5.09. The van der Waals surface area contributed by atoms with Crippen molar-refractivity contribution in [3.05, 3.63) is 65.6 Å². The van der Waals surface area contributed by atoms with Gasteiger partial charge in [-0.15, -0.1) is 0 Å². The van der Waals surface area contributed by atoms with Crippen LogP contribution in [0.2, 0.25) is 0 Å². The quantitative estimate of drug-likeness (QED) is 0.473. The number of aliphatic hydroxyl groups is 2. The van der Waals surface area contributed by atoms with E-state index in [4.69, 9.17) is 10.1 Å². The molecule has 0 spiro atoms. The van der Waals surface area contributed by atoms with Crippen molar-refractivity contribution in [3.63, 3.8) is 0 Å². The number of carboxylic acids is 1. The lowest BCUT2D eigenvalue weighted by Crippen LogP contribution is -2.21. The maximum atomic E-state index is 13.6. The number of aliphatic carboxylic acids is 1. The van der Waals surface area contributed by atoms with E-state index in [9.17, 15) is 19.4 Å². The van der Waals surface area contributed by atoms with Crippen LogP contribution in [0.5, 0.6) is 0 Å². The number of fused-ring (bicyclic) bond motifs is 1. The molecule has 162 valence electrons. The molecule has 1 aliphatic rings. The van der Waals surface area contributed by atoms with Crippen LogP contribution in [0.25, 0.3) is 22.0 Å². The van der Waals surface area contributed by atoms with Crippen LogP contribution in [0.15, 0.2) is 48.5 Å². The van der Waals surface area contributed by atoms with Gasteiger partial charge in [-0.2, -0.15) is 0 Å². The molecule has 0 aliphatic heterocycles. The summed E-state index contributed by atoms with van der Waals surface area (Å²) in [5, 5.41) is 30.1. The highest BCUT2D eigenvalue weighted by Gasteiger charge is 2.30. The van der Waals surface area contributed by atoms with E-state index in [-0.39, 0.29) is 18.7 Å². The number of nitrogens with zero attached hydrogens (tertiary/aromatic N) is 1. The standard InChI is InChI=1S/C25H26FNO4/c26-17-9-7-15(8-10-17)24-20-3-1-2-4-22(20)27-25(16-5-6-16)21(24)12-11-18(28)13-19(29)14-23(30)31/h1-4,7-10,16,18-19,28-29H,5-6,11-14H2,(H,30,31)/t18-,19-/m1/s1. The zero-order chi connectivity index (χ0) is 22.0. The Kier molecular flexibility index (Phi) is 6.30. The van der Waals surface area contributed by atoms with Crippen LogP contribution in [0.4, 0.5) is 4.39 Å². The van der Waals surface area contributed by atoms with Gasteiger partial charge in [-0.25, -0.2) is 4.39 Å². The Hall–Kier alpha value is -2.83. The second-order valence-electron chi connectivity index (χ2n) is 8.33. The highest BCUT2D eigenvalue weighted by Crippen LogP contribution is 2.45. The zero-order valence-corrected chi connectivity index (χ0v) is 17.2. The number of benzene rings is 2. The molecule has 1 heterocycles. The normalized spacial score (nSPS) is 15.7. The lowest BCUT2D eigenvalue weighted by molar-refractivity contribution is -0.139. The molecule has 2 atom stereocenters. The molecule has 6 heteroatoms. The van der Waals surface area contributed by atoms with Crippen molar-refractivity contribution >= 4 is 16.9 Å². The second kappa shape index (κ2) is 9.12. The fourth-order valence-corrected chi connectivity index (χ4v) is 4.19. The Morgan fingerprint density at radius 3 is 2.45 bits per heavy atom. The number of pyridine rings is 1. The molecule has 1 fully saturated rings. The van der Waals surface area contributed by atoms with E-state index in [1.807, 2.05) is 24.3 Å². The highest BCUT2D eigenvalue weighted by atomic mass is 19.1. The minimum absolute atomic E-state index is 0.0119. The summed E-state index contributed by atoms with van der Waals surface area (Å²) in [6.45, 7) is 0. The lowest BCUT2D eigenvalue weighted by Gasteiger charge is -2.20. The molecule has 0 saturated heterocycles. The molecule has 0 unspecified atom stereocenters. The minimum Gasteiger partial charge on any atom is -0.481 e. The lowest BCUT2D eigenvalue weighted by atomic mass is 9.89. The molecule has 3 N–H and O–H groups in total. The topological polar surface area (TPSA) is 90.7 Å². The Labute approximate surface area is 180 Å².